The molecule has 1 aliphatic heterocycles. The van der Waals surface area contributed by atoms with Gasteiger partial charge in [0.15, 0.2) is 0 Å². The lowest BCUT2D eigenvalue weighted by atomic mass is 10.1. The van der Waals surface area contributed by atoms with Crippen LogP contribution in [0.3, 0.4) is 0 Å². The number of thioether (sulfide) groups is 1. The Morgan fingerprint density at radius 3 is 2.90 bits per heavy atom. The largest absolute Gasteiger partial charge is 0.495 e. The number of hydrogen-bond donors (Lipinski definition) is 2. The minimum atomic E-state index is -0.695. The van der Waals surface area contributed by atoms with Gasteiger partial charge in [-0.05, 0) is 36.8 Å². The number of amides is 1. The Kier molecular flexibility index (Phi) is 5.26. The van der Waals surface area contributed by atoms with Crippen LogP contribution in [0.15, 0.2) is 49.3 Å². The second kappa shape index (κ2) is 7.72. The number of carbonyl (C=O) groups excluding carboxylic acids is 1. The van der Waals surface area contributed by atoms with Crippen LogP contribution in [0.4, 0.5) is 5.69 Å². The van der Waals surface area contributed by atoms with E-state index < -0.39 is 17.2 Å². The van der Waals surface area contributed by atoms with Gasteiger partial charge in [0, 0.05) is 21.5 Å². The molecule has 0 radical (unpaired) electrons. The Balaban J connectivity index is 1.69. The summed E-state index contributed by atoms with van der Waals surface area (Å²) in [4.78, 5) is 41.1. The zero-order chi connectivity index (χ0) is 20.7. The van der Waals surface area contributed by atoms with Crippen molar-refractivity contribution in [2.24, 2.45) is 0 Å². The lowest BCUT2D eigenvalue weighted by Crippen LogP contribution is -2.41. The van der Waals surface area contributed by atoms with E-state index in [0.29, 0.717) is 28.2 Å². The lowest BCUT2D eigenvalue weighted by Gasteiger charge is -2.27. The summed E-state index contributed by atoms with van der Waals surface area (Å²) < 4.78 is 7.58. The summed E-state index contributed by atoms with van der Waals surface area (Å²) in [6.07, 6.45) is 0.0675. The molecule has 0 saturated carbocycles. The van der Waals surface area contributed by atoms with Crippen LogP contribution in [-0.4, -0.2) is 28.3 Å². The fourth-order valence-electron chi connectivity index (χ4n) is 3.51. The second-order valence-corrected chi connectivity index (χ2v) is 8.83. The number of methoxy groups -OCH3 is 1. The number of aromatic nitrogens is 2. The van der Waals surface area contributed by atoms with Crippen molar-refractivity contribution >= 4 is 50.3 Å². The summed E-state index contributed by atoms with van der Waals surface area (Å²) in [6.45, 7) is 1.93. The maximum atomic E-state index is 12.8. The first-order valence-electron chi connectivity index (χ1n) is 8.92. The number of ether oxygens (including phenoxy) is 1. The summed E-state index contributed by atoms with van der Waals surface area (Å²) in [6, 6.07) is 8.76. The lowest BCUT2D eigenvalue weighted by molar-refractivity contribution is -0.116. The van der Waals surface area contributed by atoms with Gasteiger partial charge in [-0.15, -0.1) is 11.8 Å². The molecule has 1 unspecified atom stereocenters. The number of nitrogens with one attached hydrogen (secondary N) is 2. The SMILES string of the molecule is COc1ccc(C)cc1NC(=O)CC1CSc2cc(Br)cc3[nH]c(=O)c(=O)n1c23. The molecule has 4 rings (SSSR count). The normalized spacial score (nSPS) is 15.3. The molecular weight excluding hydrogens is 458 g/mol. The number of H-pyrrole nitrogens is 1. The maximum Gasteiger partial charge on any atom is 0.317 e. The van der Waals surface area contributed by atoms with Gasteiger partial charge in [0.1, 0.15) is 5.75 Å². The van der Waals surface area contributed by atoms with Crippen molar-refractivity contribution in [1.29, 1.82) is 0 Å². The summed E-state index contributed by atoms with van der Waals surface area (Å²) in [5.41, 5.74) is 1.44. The molecular formula is C20H18BrN3O4S. The van der Waals surface area contributed by atoms with Crippen LogP contribution in [0.2, 0.25) is 0 Å². The fourth-order valence-corrected chi connectivity index (χ4v) is 5.31. The molecule has 7 nitrogen and oxygen atoms in total. The molecule has 0 saturated heterocycles. The molecule has 2 aromatic carbocycles. The van der Waals surface area contributed by atoms with E-state index in [2.05, 4.69) is 26.2 Å². The third kappa shape index (κ3) is 3.72. The first kappa shape index (κ1) is 19.8. The molecule has 0 aliphatic carbocycles. The number of rotatable bonds is 4. The van der Waals surface area contributed by atoms with E-state index in [-0.39, 0.29) is 12.3 Å². The van der Waals surface area contributed by atoms with Crippen molar-refractivity contribution in [1.82, 2.24) is 9.55 Å². The fraction of sp³-hybridized carbons (Fsp3) is 0.250. The predicted molar refractivity (Wildman–Crippen MR) is 117 cm³/mol. The molecule has 29 heavy (non-hydrogen) atoms. The van der Waals surface area contributed by atoms with Crippen LogP contribution in [0.5, 0.6) is 5.75 Å². The van der Waals surface area contributed by atoms with E-state index in [1.54, 1.807) is 31.0 Å². The van der Waals surface area contributed by atoms with Crippen LogP contribution < -0.4 is 21.2 Å². The molecule has 1 aliphatic rings. The predicted octanol–water partition coefficient (Wildman–Crippen LogP) is 3.44. The van der Waals surface area contributed by atoms with Crippen molar-refractivity contribution in [2.45, 2.75) is 24.3 Å². The van der Waals surface area contributed by atoms with Gasteiger partial charge in [0.05, 0.1) is 29.9 Å². The van der Waals surface area contributed by atoms with Gasteiger partial charge in [-0.3, -0.25) is 19.0 Å². The highest BCUT2D eigenvalue weighted by atomic mass is 79.9. The number of anilines is 1. The van der Waals surface area contributed by atoms with Crippen molar-refractivity contribution in [3.63, 3.8) is 0 Å². The number of aryl methyl sites for hydroxylation is 1. The van der Waals surface area contributed by atoms with Crippen LogP contribution in [0.1, 0.15) is 18.0 Å². The molecule has 150 valence electrons. The number of hydrogen-bond acceptors (Lipinski definition) is 5. The van der Waals surface area contributed by atoms with Crippen LogP contribution in [-0.2, 0) is 4.79 Å². The number of aromatic amines is 1. The molecule has 2 N–H and O–H groups in total. The number of benzene rings is 2. The Morgan fingerprint density at radius 1 is 1.34 bits per heavy atom. The van der Waals surface area contributed by atoms with Gasteiger partial charge in [-0.25, -0.2) is 0 Å². The quantitative estimate of drug-likeness (QED) is 0.563. The van der Waals surface area contributed by atoms with Crippen molar-refractivity contribution in [3.8, 4) is 5.75 Å². The second-order valence-electron chi connectivity index (χ2n) is 6.85. The Bertz CT molecular complexity index is 1250. The van der Waals surface area contributed by atoms with Crippen molar-refractivity contribution in [2.75, 3.05) is 18.2 Å². The number of nitrogens with zero attached hydrogens (tertiary/aromatic N) is 1. The average Bonchev–Trinajstić information content (AvgIpc) is 2.66. The molecule has 9 heteroatoms. The zero-order valence-electron chi connectivity index (χ0n) is 15.7. The van der Waals surface area contributed by atoms with Crippen LogP contribution in [0.25, 0.3) is 11.0 Å². The minimum absolute atomic E-state index is 0.0675. The van der Waals surface area contributed by atoms with E-state index in [4.69, 9.17) is 4.74 Å². The summed E-state index contributed by atoms with van der Waals surface area (Å²) >= 11 is 4.99. The molecule has 0 fully saturated rings. The zero-order valence-corrected chi connectivity index (χ0v) is 18.1. The van der Waals surface area contributed by atoms with E-state index in [0.717, 1.165) is 14.9 Å². The highest BCUT2D eigenvalue weighted by molar-refractivity contribution is 9.10. The summed E-state index contributed by atoms with van der Waals surface area (Å²) in [5.74, 6) is 0.827. The topological polar surface area (TPSA) is 93.2 Å². The van der Waals surface area contributed by atoms with Gasteiger partial charge in [0.2, 0.25) is 5.91 Å². The Labute approximate surface area is 178 Å². The molecule has 1 atom stereocenters. The smallest absolute Gasteiger partial charge is 0.317 e. The summed E-state index contributed by atoms with van der Waals surface area (Å²) in [5, 5.41) is 2.87. The van der Waals surface area contributed by atoms with Gasteiger partial charge in [-0.2, -0.15) is 0 Å². The average molecular weight is 476 g/mol. The van der Waals surface area contributed by atoms with Gasteiger partial charge < -0.3 is 15.0 Å². The van der Waals surface area contributed by atoms with Crippen LogP contribution in [0, 0.1) is 6.92 Å². The molecule has 0 bridgehead atoms. The first-order valence-corrected chi connectivity index (χ1v) is 10.7. The minimum Gasteiger partial charge on any atom is -0.495 e. The molecule has 2 heterocycles. The molecule has 3 aromatic rings. The van der Waals surface area contributed by atoms with E-state index in [1.807, 2.05) is 25.1 Å². The van der Waals surface area contributed by atoms with Crippen molar-refractivity contribution in [3.05, 3.63) is 61.1 Å². The van der Waals surface area contributed by atoms with Crippen LogP contribution >= 0.6 is 27.7 Å². The van der Waals surface area contributed by atoms with Gasteiger partial charge in [0.25, 0.3) is 0 Å². The first-order chi connectivity index (χ1) is 13.9. The third-order valence-electron chi connectivity index (χ3n) is 4.79. The summed E-state index contributed by atoms with van der Waals surface area (Å²) in [7, 11) is 1.54. The number of carbonyl (C=O) groups is 1. The third-order valence-corrected chi connectivity index (χ3v) is 6.42. The molecule has 1 amide bonds. The van der Waals surface area contributed by atoms with Crippen molar-refractivity contribution < 1.29 is 9.53 Å². The highest BCUT2D eigenvalue weighted by Crippen LogP contribution is 2.38. The van der Waals surface area contributed by atoms with E-state index in [9.17, 15) is 14.4 Å². The van der Waals surface area contributed by atoms with E-state index in [1.165, 1.54) is 4.57 Å². The van der Waals surface area contributed by atoms with Gasteiger partial charge >= 0.3 is 11.1 Å². The highest BCUT2D eigenvalue weighted by Gasteiger charge is 2.27. The molecule has 0 spiro atoms. The van der Waals surface area contributed by atoms with Gasteiger partial charge in [-0.1, -0.05) is 22.0 Å². The molecule has 1 aromatic heterocycles. The monoisotopic (exact) mass is 475 g/mol. The Hall–Kier alpha value is -2.52. The van der Waals surface area contributed by atoms with E-state index >= 15 is 0 Å². The Morgan fingerprint density at radius 2 is 2.14 bits per heavy atom. The standard InChI is InChI=1S/C20H18BrN3O4S/c1-10-3-4-15(28-2)13(5-10)22-17(25)8-12-9-29-16-7-11(21)6-14-18(16)24(12)20(27)19(26)23-14/h3-7,12H,8-9H2,1-2H3,(H,22,25)(H,23,26). The maximum absolute atomic E-state index is 12.8. The number of halogens is 1.